The number of carbonyl (C=O) groups excluding carboxylic acids is 1. The van der Waals surface area contributed by atoms with E-state index in [9.17, 15) is 4.79 Å². The number of rotatable bonds is 3. The molecule has 62 valence electrons. The molecule has 1 atom stereocenters. The van der Waals surface area contributed by atoms with Crippen molar-refractivity contribution in [2.24, 2.45) is 0 Å². The Bertz CT molecular complexity index is 175. The highest BCUT2D eigenvalue weighted by atomic mass is 32.2. The molecule has 1 aliphatic heterocycles. The van der Waals surface area contributed by atoms with Crippen LogP contribution in [0.1, 0.15) is 13.3 Å². The van der Waals surface area contributed by atoms with Crippen LogP contribution in [0.15, 0.2) is 0 Å². The van der Waals surface area contributed by atoms with Crippen LogP contribution in [-0.2, 0) is 4.79 Å². The first-order chi connectivity index (χ1) is 5.20. The van der Waals surface area contributed by atoms with Gasteiger partial charge in [0.2, 0.25) is 0 Å². The second-order valence-electron chi connectivity index (χ2n) is 2.55. The van der Waals surface area contributed by atoms with Crippen LogP contribution in [0.5, 0.6) is 0 Å². The molecule has 0 spiro atoms. The average molecular weight is 189 g/mol. The monoisotopic (exact) mass is 189 g/mol. The minimum Gasteiger partial charge on any atom is -0.300 e. The maximum absolute atomic E-state index is 10.7. The molecule has 11 heavy (non-hydrogen) atoms. The molecule has 1 N–H and O–H groups in total. The van der Waals surface area contributed by atoms with Gasteiger partial charge in [0.15, 0.2) is 0 Å². The topological polar surface area (TPSA) is 29.1 Å². The minimum absolute atomic E-state index is 0.157. The SMILES string of the molecule is CC(=O)CC(=S)C1NCCS1. The Hall–Kier alpha value is 0.0700. The van der Waals surface area contributed by atoms with Gasteiger partial charge in [-0.25, -0.2) is 0 Å². The number of Topliss-reactive ketones (excluding diaryl/α,β-unsaturated/α-hetero) is 1. The largest absolute Gasteiger partial charge is 0.300 e. The summed E-state index contributed by atoms with van der Waals surface area (Å²) in [4.78, 5) is 11.5. The molecule has 0 aromatic rings. The summed E-state index contributed by atoms with van der Waals surface area (Å²) in [5.41, 5.74) is 0. The van der Waals surface area contributed by atoms with Crippen molar-refractivity contribution in [3.8, 4) is 0 Å². The van der Waals surface area contributed by atoms with Gasteiger partial charge in [0.1, 0.15) is 5.78 Å². The lowest BCUT2D eigenvalue weighted by Crippen LogP contribution is -2.28. The van der Waals surface area contributed by atoms with Crippen LogP contribution in [0.4, 0.5) is 0 Å². The molecule has 0 amide bonds. The van der Waals surface area contributed by atoms with E-state index in [1.165, 1.54) is 0 Å². The van der Waals surface area contributed by atoms with Crippen LogP contribution in [0, 0.1) is 0 Å². The van der Waals surface area contributed by atoms with Crippen molar-refractivity contribution in [1.82, 2.24) is 5.32 Å². The molecule has 1 saturated heterocycles. The Morgan fingerprint density at radius 2 is 2.55 bits per heavy atom. The first kappa shape index (κ1) is 9.16. The van der Waals surface area contributed by atoms with Crippen LogP contribution in [0.3, 0.4) is 0 Å². The number of nitrogens with one attached hydrogen (secondary N) is 1. The Morgan fingerprint density at radius 3 is 3.00 bits per heavy atom. The standard InChI is InChI=1S/C7H11NOS2/c1-5(9)4-6(10)7-8-2-3-11-7/h7-8H,2-4H2,1H3. The third-order valence-corrected chi connectivity index (χ3v) is 3.19. The minimum atomic E-state index is 0.157. The Balaban J connectivity index is 2.34. The van der Waals surface area contributed by atoms with Gasteiger partial charge >= 0.3 is 0 Å². The summed E-state index contributed by atoms with van der Waals surface area (Å²) >= 11 is 6.87. The molecule has 0 aliphatic carbocycles. The lowest BCUT2D eigenvalue weighted by molar-refractivity contribution is -0.115. The van der Waals surface area contributed by atoms with Crippen LogP contribution in [-0.4, -0.2) is 28.3 Å². The first-order valence-corrected chi connectivity index (χ1v) is 5.03. The number of hydrogen-bond acceptors (Lipinski definition) is 4. The zero-order valence-electron chi connectivity index (χ0n) is 6.42. The van der Waals surface area contributed by atoms with Gasteiger partial charge in [-0.15, -0.1) is 11.8 Å². The highest BCUT2D eigenvalue weighted by molar-refractivity contribution is 8.02. The van der Waals surface area contributed by atoms with Gasteiger partial charge in [-0.05, 0) is 6.92 Å². The van der Waals surface area contributed by atoms with E-state index < -0.39 is 0 Å². The molecule has 4 heteroatoms. The molecule has 0 aromatic carbocycles. The van der Waals surface area contributed by atoms with Crippen molar-refractivity contribution < 1.29 is 4.79 Å². The summed E-state index contributed by atoms with van der Waals surface area (Å²) in [5, 5.41) is 3.48. The summed E-state index contributed by atoms with van der Waals surface area (Å²) in [5.74, 6) is 1.26. The molecular formula is C7H11NOS2. The molecule has 0 saturated carbocycles. The summed E-state index contributed by atoms with van der Waals surface area (Å²) in [6, 6.07) is 0. The van der Waals surface area contributed by atoms with Gasteiger partial charge < -0.3 is 5.32 Å². The zero-order valence-corrected chi connectivity index (χ0v) is 8.06. The van der Waals surface area contributed by atoms with Crippen LogP contribution < -0.4 is 5.32 Å². The third kappa shape index (κ3) is 2.89. The van der Waals surface area contributed by atoms with Crippen molar-refractivity contribution in [3.05, 3.63) is 0 Å². The maximum Gasteiger partial charge on any atom is 0.134 e. The van der Waals surface area contributed by atoms with E-state index in [4.69, 9.17) is 12.2 Å². The van der Waals surface area contributed by atoms with Crippen molar-refractivity contribution in [3.63, 3.8) is 0 Å². The summed E-state index contributed by atoms with van der Waals surface area (Å²) in [6.07, 6.45) is 0.444. The number of hydrogen-bond donors (Lipinski definition) is 1. The van der Waals surface area contributed by atoms with Gasteiger partial charge in [-0.2, -0.15) is 0 Å². The second kappa shape index (κ2) is 4.18. The van der Waals surface area contributed by atoms with E-state index in [0.717, 1.165) is 17.2 Å². The van der Waals surface area contributed by atoms with Gasteiger partial charge in [-0.3, -0.25) is 4.79 Å². The van der Waals surface area contributed by atoms with E-state index in [1.54, 1.807) is 18.7 Å². The van der Waals surface area contributed by atoms with Crippen molar-refractivity contribution in [1.29, 1.82) is 0 Å². The number of carbonyl (C=O) groups is 1. The van der Waals surface area contributed by atoms with E-state index in [2.05, 4.69) is 5.32 Å². The van der Waals surface area contributed by atoms with Gasteiger partial charge in [0.05, 0.1) is 5.37 Å². The summed E-state index contributed by atoms with van der Waals surface area (Å²) in [6.45, 7) is 2.58. The van der Waals surface area contributed by atoms with Crippen LogP contribution in [0.25, 0.3) is 0 Å². The Morgan fingerprint density at radius 1 is 1.82 bits per heavy atom. The number of thioether (sulfide) groups is 1. The van der Waals surface area contributed by atoms with Crippen molar-refractivity contribution in [2.45, 2.75) is 18.7 Å². The van der Waals surface area contributed by atoms with E-state index in [-0.39, 0.29) is 11.2 Å². The predicted octanol–water partition coefficient (Wildman–Crippen LogP) is 0.998. The summed E-state index contributed by atoms with van der Waals surface area (Å²) in [7, 11) is 0. The number of ketones is 1. The zero-order chi connectivity index (χ0) is 8.27. The van der Waals surface area contributed by atoms with Gasteiger partial charge in [0, 0.05) is 23.6 Å². The first-order valence-electron chi connectivity index (χ1n) is 3.57. The average Bonchev–Trinajstić information content (AvgIpc) is 2.35. The van der Waals surface area contributed by atoms with Crippen LogP contribution in [0.2, 0.25) is 0 Å². The predicted molar refractivity (Wildman–Crippen MR) is 52.1 cm³/mol. The van der Waals surface area contributed by atoms with Crippen LogP contribution >= 0.6 is 24.0 Å². The third-order valence-electron chi connectivity index (χ3n) is 1.43. The van der Waals surface area contributed by atoms with Crippen molar-refractivity contribution in [2.75, 3.05) is 12.3 Å². The van der Waals surface area contributed by atoms with Gasteiger partial charge in [-0.1, -0.05) is 12.2 Å². The van der Waals surface area contributed by atoms with E-state index in [1.807, 2.05) is 0 Å². The lowest BCUT2D eigenvalue weighted by Gasteiger charge is -2.08. The van der Waals surface area contributed by atoms with Gasteiger partial charge in [0.25, 0.3) is 0 Å². The molecule has 1 unspecified atom stereocenters. The highest BCUT2D eigenvalue weighted by Gasteiger charge is 2.19. The Kier molecular flexibility index (Phi) is 3.48. The molecule has 0 bridgehead atoms. The normalized spacial score (nSPS) is 23.5. The molecule has 0 aromatic heterocycles. The quantitative estimate of drug-likeness (QED) is 0.671. The second-order valence-corrected chi connectivity index (χ2v) is 4.29. The maximum atomic E-state index is 10.7. The molecule has 1 heterocycles. The van der Waals surface area contributed by atoms with E-state index >= 15 is 0 Å². The fourth-order valence-electron chi connectivity index (χ4n) is 0.971. The number of thiocarbonyl (C=S) groups is 1. The molecule has 0 radical (unpaired) electrons. The molecule has 1 aliphatic rings. The van der Waals surface area contributed by atoms with E-state index in [0.29, 0.717) is 6.42 Å². The lowest BCUT2D eigenvalue weighted by atomic mass is 10.2. The Labute approximate surface area is 76.1 Å². The fraction of sp³-hybridized carbons (Fsp3) is 0.714. The molecule has 1 rings (SSSR count). The highest BCUT2D eigenvalue weighted by Crippen LogP contribution is 2.16. The smallest absolute Gasteiger partial charge is 0.134 e. The summed E-state index contributed by atoms with van der Waals surface area (Å²) < 4.78 is 0. The molecule has 1 fully saturated rings. The van der Waals surface area contributed by atoms with Crippen molar-refractivity contribution >= 4 is 34.6 Å². The molecule has 2 nitrogen and oxygen atoms in total. The molecular weight excluding hydrogens is 178 g/mol. The fourth-order valence-corrected chi connectivity index (χ4v) is 2.44.